The Morgan fingerprint density at radius 3 is 2.80 bits per heavy atom. The Balaban J connectivity index is 2.02. The number of thiazole rings is 1. The van der Waals surface area contributed by atoms with E-state index in [1.807, 2.05) is 26.2 Å². The van der Waals surface area contributed by atoms with Crippen LogP contribution in [-0.2, 0) is 6.54 Å². The van der Waals surface area contributed by atoms with Crippen molar-refractivity contribution in [2.24, 2.45) is 0 Å². The molecule has 0 radical (unpaired) electrons. The van der Waals surface area contributed by atoms with Crippen LogP contribution in [0.5, 0.6) is 0 Å². The van der Waals surface area contributed by atoms with Crippen LogP contribution in [0.3, 0.4) is 0 Å². The van der Waals surface area contributed by atoms with Crippen molar-refractivity contribution in [2.75, 3.05) is 11.1 Å². The number of anilines is 2. The molecule has 0 saturated carbocycles. The second kappa shape index (κ2) is 6.23. The van der Waals surface area contributed by atoms with E-state index in [1.165, 1.54) is 16.9 Å². The molecule has 2 aromatic heterocycles. The number of hydrogen-bond acceptors (Lipinski definition) is 6. The number of carbonyl (C=O) groups is 1. The van der Waals surface area contributed by atoms with E-state index in [2.05, 4.69) is 21.0 Å². The third-order valence-electron chi connectivity index (χ3n) is 2.67. The van der Waals surface area contributed by atoms with Gasteiger partial charge in [0.25, 0.3) is 5.91 Å². The number of hydrogen-bond donors (Lipinski definition) is 3. The summed E-state index contributed by atoms with van der Waals surface area (Å²) in [5.74, 6) is 0.0973. The van der Waals surface area contributed by atoms with Crippen molar-refractivity contribution in [1.82, 2.24) is 10.3 Å². The Morgan fingerprint density at radius 1 is 1.45 bits per heavy atom. The number of aryl methyl sites for hydroxylation is 1. The van der Waals surface area contributed by atoms with Gasteiger partial charge in [0, 0.05) is 12.6 Å². The zero-order valence-electron chi connectivity index (χ0n) is 11.7. The molecule has 2 heterocycles. The highest BCUT2D eigenvalue weighted by molar-refractivity contribution is 7.18. The maximum atomic E-state index is 12.1. The Kier molecular flexibility index (Phi) is 4.61. The molecule has 0 atom stereocenters. The molecule has 20 heavy (non-hydrogen) atoms. The Labute approximate surface area is 126 Å². The summed E-state index contributed by atoms with van der Waals surface area (Å²) in [5, 5.41) is 10.8. The van der Waals surface area contributed by atoms with E-state index in [-0.39, 0.29) is 17.8 Å². The highest BCUT2D eigenvalue weighted by atomic mass is 32.1. The van der Waals surface area contributed by atoms with Gasteiger partial charge < -0.3 is 16.4 Å². The molecule has 0 fully saturated rings. The van der Waals surface area contributed by atoms with Crippen LogP contribution in [0.25, 0.3) is 0 Å². The van der Waals surface area contributed by atoms with Gasteiger partial charge in [0.2, 0.25) is 0 Å². The molecular weight excluding hydrogens is 292 g/mol. The molecule has 0 aliphatic heterocycles. The molecule has 2 rings (SSSR count). The lowest BCUT2D eigenvalue weighted by Crippen LogP contribution is -2.22. The average molecular weight is 310 g/mol. The number of aromatic nitrogens is 1. The van der Waals surface area contributed by atoms with Crippen LogP contribution in [0, 0.1) is 6.92 Å². The minimum absolute atomic E-state index is 0.178. The van der Waals surface area contributed by atoms with Gasteiger partial charge in [0.05, 0.1) is 0 Å². The lowest BCUT2D eigenvalue weighted by atomic mass is 10.2. The summed E-state index contributed by atoms with van der Waals surface area (Å²) in [4.78, 5) is 16.7. The Bertz CT molecular complexity index is 603. The normalized spacial score (nSPS) is 10.8. The first-order valence-electron chi connectivity index (χ1n) is 6.30. The topological polar surface area (TPSA) is 80.0 Å². The second-order valence-corrected chi connectivity index (χ2v) is 6.54. The minimum atomic E-state index is -0.178. The van der Waals surface area contributed by atoms with Crippen molar-refractivity contribution in [3.05, 3.63) is 26.8 Å². The molecule has 0 bridgehead atoms. The molecule has 0 aliphatic carbocycles. The van der Waals surface area contributed by atoms with E-state index < -0.39 is 0 Å². The Hall–Kier alpha value is -1.60. The van der Waals surface area contributed by atoms with Crippen LogP contribution >= 0.6 is 22.7 Å². The van der Waals surface area contributed by atoms with Gasteiger partial charge in [-0.05, 0) is 42.7 Å². The molecule has 1 amide bonds. The summed E-state index contributed by atoms with van der Waals surface area (Å²) in [7, 11) is 0. The highest BCUT2D eigenvalue weighted by Gasteiger charge is 2.16. The number of nitrogen functional groups attached to an aromatic ring is 1. The molecule has 7 heteroatoms. The van der Waals surface area contributed by atoms with E-state index in [0.717, 1.165) is 5.56 Å². The third kappa shape index (κ3) is 3.49. The summed E-state index contributed by atoms with van der Waals surface area (Å²) in [6.45, 7) is 6.57. The Morgan fingerprint density at radius 2 is 2.20 bits per heavy atom. The van der Waals surface area contributed by atoms with Crippen molar-refractivity contribution in [2.45, 2.75) is 33.4 Å². The van der Waals surface area contributed by atoms with Gasteiger partial charge in [0.1, 0.15) is 10.7 Å². The molecule has 0 aliphatic rings. The predicted molar refractivity (Wildman–Crippen MR) is 85.5 cm³/mol. The fourth-order valence-corrected chi connectivity index (χ4v) is 3.43. The number of nitrogens with one attached hydrogen (secondary N) is 2. The van der Waals surface area contributed by atoms with Crippen LogP contribution in [-0.4, -0.2) is 16.9 Å². The number of amides is 1. The van der Waals surface area contributed by atoms with Crippen LogP contribution in [0.4, 0.5) is 10.9 Å². The second-order valence-electron chi connectivity index (χ2n) is 4.80. The minimum Gasteiger partial charge on any atom is -0.382 e. The van der Waals surface area contributed by atoms with E-state index in [9.17, 15) is 4.79 Å². The number of thiophene rings is 1. The van der Waals surface area contributed by atoms with Crippen molar-refractivity contribution in [3.63, 3.8) is 0 Å². The maximum Gasteiger partial charge on any atom is 0.265 e. The molecule has 5 nitrogen and oxygen atoms in total. The maximum absolute atomic E-state index is 12.1. The number of rotatable bonds is 5. The van der Waals surface area contributed by atoms with Gasteiger partial charge >= 0.3 is 0 Å². The van der Waals surface area contributed by atoms with Crippen molar-refractivity contribution in [3.8, 4) is 0 Å². The van der Waals surface area contributed by atoms with Gasteiger partial charge in [-0.2, -0.15) is 11.3 Å². The fraction of sp³-hybridized carbons (Fsp3) is 0.385. The van der Waals surface area contributed by atoms with Crippen LogP contribution in [0.1, 0.15) is 34.6 Å². The number of nitrogens with zero attached hydrogens (tertiary/aromatic N) is 1. The average Bonchev–Trinajstić information content (AvgIpc) is 2.92. The molecular formula is C13H18N4OS2. The SMILES string of the molecule is Cc1cscc1CNC(=O)c1sc(NC(C)C)nc1N. The standard InChI is InChI=1S/C13H18N4OS2/c1-7(2)16-13-17-11(14)10(20-13)12(18)15-4-9-6-19-5-8(9)3/h5-7H,4,14H2,1-3H3,(H,15,18)(H,16,17). The van der Waals surface area contributed by atoms with Crippen molar-refractivity contribution in [1.29, 1.82) is 0 Å². The quantitative estimate of drug-likeness (QED) is 0.793. The van der Waals surface area contributed by atoms with Crippen LogP contribution < -0.4 is 16.4 Å². The molecule has 4 N–H and O–H groups in total. The lowest BCUT2D eigenvalue weighted by Gasteiger charge is -2.04. The summed E-state index contributed by atoms with van der Waals surface area (Å²) in [6.07, 6.45) is 0. The molecule has 2 aromatic rings. The first-order valence-corrected chi connectivity index (χ1v) is 8.06. The zero-order valence-corrected chi connectivity index (χ0v) is 13.3. The zero-order chi connectivity index (χ0) is 14.7. The highest BCUT2D eigenvalue weighted by Crippen LogP contribution is 2.25. The summed E-state index contributed by atoms with van der Waals surface area (Å²) in [5.41, 5.74) is 8.12. The van der Waals surface area contributed by atoms with E-state index >= 15 is 0 Å². The fourth-order valence-electron chi connectivity index (χ4n) is 1.63. The van der Waals surface area contributed by atoms with Gasteiger partial charge in [0.15, 0.2) is 5.13 Å². The van der Waals surface area contributed by atoms with Crippen LogP contribution in [0.2, 0.25) is 0 Å². The number of carbonyl (C=O) groups excluding carboxylic acids is 1. The largest absolute Gasteiger partial charge is 0.382 e. The van der Waals surface area contributed by atoms with Gasteiger partial charge in [-0.15, -0.1) is 0 Å². The molecule has 0 unspecified atom stereocenters. The predicted octanol–water partition coefficient (Wildman–Crippen LogP) is 2.85. The smallest absolute Gasteiger partial charge is 0.265 e. The monoisotopic (exact) mass is 310 g/mol. The van der Waals surface area contributed by atoms with Crippen molar-refractivity contribution >= 4 is 39.5 Å². The molecule has 0 aromatic carbocycles. The van der Waals surface area contributed by atoms with E-state index in [0.29, 0.717) is 16.6 Å². The summed E-state index contributed by atoms with van der Waals surface area (Å²) < 4.78 is 0. The molecule has 108 valence electrons. The number of nitrogens with two attached hydrogens (primary N) is 1. The lowest BCUT2D eigenvalue weighted by molar-refractivity contribution is 0.0955. The van der Waals surface area contributed by atoms with Crippen LogP contribution in [0.15, 0.2) is 10.8 Å². The van der Waals surface area contributed by atoms with Gasteiger partial charge in [-0.25, -0.2) is 4.98 Å². The van der Waals surface area contributed by atoms with Gasteiger partial charge in [-0.1, -0.05) is 11.3 Å². The van der Waals surface area contributed by atoms with E-state index in [1.54, 1.807) is 11.3 Å². The first-order chi connectivity index (χ1) is 9.47. The summed E-state index contributed by atoms with van der Waals surface area (Å²) in [6, 6.07) is 0.255. The van der Waals surface area contributed by atoms with Crippen molar-refractivity contribution < 1.29 is 4.79 Å². The third-order valence-corrected chi connectivity index (χ3v) is 4.58. The van der Waals surface area contributed by atoms with Gasteiger partial charge in [-0.3, -0.25) is 4.79 Å². The molecule has 0 saturated heterocycles. The van der Waals surface area contributed by atoms with E-state index in [4.69, 9.17) is 5.73 Å². The first kappa shape index (κ1) is 14.8. The molecule has 0 spiro atoms. The summed E-state index contributed by atoms with van der Waals surface area (Å²) >= 11 is 2.91.